The molecule has 7 nitrogen and oxygen atoms in total. The normalized spacial score (nSPS) is 20.3. The maximum Gasteiger partial charge on any atom is 0.417 e. The molecule has 3 rings (SSSR count). The van der Waals surface area contributed by atoms with Gasteiger partial charge in [0.2, 0.25) is 5.91 Å². The average molecular weight is 477 g/mol. The van der Waals surface area contributed by atoms with E-state index in [2.05, 4.69) is 4.98 Å². The predicted molar refractivity (Wildman–Crippen MR) is 114 cm³/mol. The van der Waals surface area contributed by atoms with Crippen molar-refractivity contribution in [3.63, 3.8) is 0 Å². The highest BCUT2D eigenvalue weighted by molar-refractivity contribution is 6.33. The van der Waals surface area contributed by atoms with Gasteiger partial charge in [0.15, 0.2) is 0 Å². The van der Waals surface area contributed by atoms with Crippen LogP contribution in [0.1, 0.15) is 39.2 Å². The number of likely N-dealkylation sites (tertiary alicyclic amines) is 1. The molecule has 1 atom stereocenters. The molecule has 0 bridgehead atoms. The molecule has 1 aromatic heterocycles. The molecule has 2 aliphatic heterocycles. The van der Waals surface area contributed by atoms with Gasteiger partial charge in [-0.15, -0.1) is 0 Å². The number of rotatable bonds is 2. The standard InChI is InChI=1S/C21H28ClF3N4O3/c1-20(2,3)32-19(31)29-6-4-5-14(13-29)18(30)28-9-7-27(8-10-28)17-16(22)11-15(12-26-17)21(23,24)25/h11-12,14H,4-10,13H2,1-3H3/t14-/m0/s1. The number of ether oxygens (including phenoxy) is 1. The second-order valence-corrected chi connectivity index (χ2v) is 9.51. The Balaban J connectivity index is 1.57. The van der Waals surface area contributed by atoms with Crippen LogP contribution in [0, 0.1) is 5.92 Å². The Morgan fingerprint density at radius 1 is 1.09 bits per heavy atom. The highest BCUT2D eigenvalue weighted by Crippen LogP contribution is 2.34. The molecule has 2 aliphatic rings. The topological polar surface area (TPSA) is 66.0 Å². The molecular weight excluding hydrogens is 449 g/mol. The number of pyridine rings is 1. The van der Waals surface area contributed by atoms with Gasteiger partial charge in [0.05, 0.1) is 16.5 Å². The molecule has 0 radical (unpaired) electrons. The predicted octanol–water partition coefficient (Wildman–Crippen LogP) is 4.05. The van der Waals surface area contributed by atoms with Crippen molar-refractivity contribution in [3.05, 3.63) is 22.8 Å². The number of piperazine rings is 1. The Morgan fingerprint density at radius 2 is 1.75 bits per heavy atom. The highest BCUT2D eigenvalue weighted by atomic mass is 35.5. The first-order chi connectivity index (χ1) is 14.8. The van der Waals surface area contributed by atoms with Crippen LogP contribution in [0.25, 0.3) is 0 Å². The Bertz CT molecular complexity index is 852. The summed E-state index contributed by atoms with van der Waals surface area (Å²) >= 11 is 6.05. The van der Waals surface area contributed by atoms with Gasteiger partial charge in [0.25, 0.3) is 0 Å². The summed E-state index contributed by atoms with van der Waals surface area (Å²) in [6, 6.07) is 0.870. The van der Waals surface area contributed by atoms with Gasteiger partial charge in [-0.25, -0.2) is 9.78 Å². The first-order valence-electron chi connectivity index (χ1n) is 10.6. The van der Waals surface area contributed by atoms with Crippen molar-refractivity contribution in [3.8, 4) is 0 Å². The molecule has 0 aliphatic carbocycles. The Hall–Kier alpha value is -2.23. The Morgan fingerprint density at radius 3 is 2.31 bits per heavy atom. The molecule has 3 heterocycles. The van der Waals surface area contributed by atoms with Gasteiger partial charge >= 0.3 is 12.3 Å². The zero-order chi connectivity index (χ0) is 23.7. The van der Waals surface area contributed by atoms with Crippen molar-refractivity contribution < 1.29 is 27.5 Å². The second-order valence-electron chi connectivity index (χ2n) is 9.11. The lowest BCUT2D eigenvalue weighted by molar-refractivity contribution is -0.138. The fraction of sp³-hybridized carbons (Fsp3) is 0.667. The largest absolute Gasteiger partial charge is 0.444 e. The van der Waals surface area contributed by atoms with E-state index in [0.29, 0.717) is 45.7 Å². The molecule has 0 saturated carbocycles. The Kier molecular flexibility index (Phi) is 7.12. The van der Waals surface area contributed by atoms with E-state index < -0.39 is 23.4 Å². The summed E-state index contributed by atoms with van der Waals surface area (Å²) in [5, 5.41) is -0.0696. The van der Waals surface area contributed by atoms with Gasteiger partial charge in [0, 0.05) is 45.5 Å². The molecule has 32 heavy (non-hydrogen) atoms. The summed E-state index contributed by atoms with van der Waals surface area (Å²) in [6.07, 6.45) is -2.73. The molecule has 11 heteroatoms. The Labute approximate surface area is 190 Å². The van der Waals surface area contributed by atoms with Crippen molar-refractivity contribution in [2.24, 2.45) is 5.92 Å². The monoisotopic (exact) mass is 476 g/mol. The molecule has 2 saturated heterocycles. The summed E-state index contributed by atoms with van der Waals surface area (Å²) in [6.45, 7) is 7.91. The van der Waals surface area contributed by atoms with Crippen LogP contribution >= 0.6 is 11.6 Å². The first-order valence-corrected chi connectivity index (χ1v) is 11.0. The van der Waals surface area contributed by atoms with Gasteiger partial charge < -0.3 is 19.4 Å². The lowest BCUT2D eigenvalue weighted by Crippen LogP contribution is -2.53. The zero-order valence-electron chi connectivity index (χ0n) is 18.4. The van der Waals surface area contributed by atoms with Crippen LogP contribution in [0.15, 0.2) is 12.3 Å². The molecule has 0 spiro atoms. The molecular formula is C21H28ClF3N4O3. The summed E-state index contributed by atoms with van der Waals surface area (Å²) in [7, 11) is 0. The molecule has 0 unspecified atom stereocenters. The third-order valence-electron chi connectivity index (χ3n) is 5.46. The number of nitrogens with zero attached hydrogens (tertiary/aromatic N) is 4. The van der Waals surface area contributed by atoms with E-state index in [1.165, 1.54) is 0 Å². The van der Waals surface area contributed by atoms with E-state index in [1.54, 1.807) is 35.5 Å². The third kappa shape index (κ3) is 5.96. The van der Waals surface area contributed by atoms with E-state index in [0.717, 1.165) is 18.7 Å². The number of hydrogen-bond acceptors (Lipinski definition) is 5. The van der Waals surface area contributed by atoms with Crippen molar-refractivity contribution in [1.29, 1.82) is 0 Å². The van der Waals surface area contributed by atoms with Crippen LogP contribution in [0.2, 0.25) is 5.02 Å². The summed E-state index contributed by atoms with van der Waals surface area (Å²) in [5.41, 5.74) is -1.50. The summed E-state index contributed by atoms with van der Waals surface area (Å²) < 4.78 is 43.9. The molecule has 178 valence electrons. The molecule has 1 aromatic rings. The zero-order valence-corrected chi connectivity index (χ0v) is 19.2. The van der Waals surface area contributed by atoms with Gasteiger partial charge in [-0.3, -0.25) is 4.79 Å². The van der Waals surface area contributed by atoms with E-state index >= 15 is 0 Å². The number of aromatic nitrogens is 1. The third-order valence-corrected chi connectivity index (χ3v) is 5.74. The number of carbonyl (C=O) groups excluding carboxylic acids is 2. The van der Waals surface area contributed by atoms with Gasteiger partial charge in [0.1, 0.15) is 11.4 Å². The van der Waals surface area contributed by atoms with E-state index in [-0.39, 0.29) is 22.7 Å². The van der Waals surface area contributed by atoms with Gasteiger partial charge in [-0.2, -0.15) is 13.2 Å². The minimum absolute atomic E-state index is 0.0237. The fourth-order valence-electron chi connectivity index (χ4n) is 3.89. The van der Waals surface area contributed by atoms with E-state index in [1.807, 2.05) is 0 Å². The number of halogens is 4. The lowest BCUT2D eigenvalue weighted by atomic mass is 9.96. The number of alkyl halides is 3. The van der Waals surface area contributed by atoms with Crippen molar-refractivity contribution in [1.82, 2.24) is 14.8 Å². The molecule has 2 fully saturated rings. The number of carbonyl (C=O) groups is 2. The number of hydrogen-bond donors (Lipinski definition) is 0. The smallest absolute Gasteiger partial charge is 0.417 e. The van der Waals surface area contributed by atoms with Crippen LogP contribution in [0.3, 0.4) is 0 Å². The maximum absolute atomic E-state index is 13.0. The molecule has 0 aromatic carbocycles. The number of piperidine rings is 1. The quantitative estimate of drug-likeness (QED) is 0.644. The van der Waals surface area contributed by atoms with Crippen LogP contribution in [0.4, 0.5) is 23.8 Å². The van der Waals surface area contributed by atoms with Crippen LogP contribution < -0.4 is 4.90 Å². The van der Waals surface area contributed by atoms with Crippen molar-refractivity contribution >= 4 is 29.4 Å². The SMILES string of the molecule is CC(C)(C)OC(=O)N1CCC[C@H](C(=O)N2CCN(c3ncc(C(F)(F)F)cc3Cl)CC2)C1. The first kappa shape index (κ1) is 24.4. The number of anilines is 1. The maximum atomic E-state index is 13.0. The highest BCUT2D eigenvalue weighted by Gasteiger charge is 2.35. The van der Waals surface area contributed by atoms with Gasteiger partial charge in [-0.1, -0.05) is 11.6 Å². The van der Waals surface area contributed by atoms with E-state index in [9.17, 15) is 22.8 Å². The van der Waals surface area contributed by atoms with Crippen LogP contribution in [0.5, 0.6) is 0 Å². The van der Waals surface area contributed by atoms with E-state index in [4.69, 9.17) is 16.3 Å². The van der Waals surface area contributed by atoms with Crippen LogP contribution in [-0.4, -0.2) is 71.7 Å². The fourth-order valence-corrected chi connectivity index (χ4v) is 4.17. The minimum Gasteiger partial charge on any atom is -0.444 e. The number of amides is 2. The van der Waals surface area contributed by atoms with Crippen molar-refractivity contribution in [2.75, 3.05) is 44.2 Å². The van der Waals surface area contributed by atoms with Crippen LogP contribution in [-0.2, 0) is 15.7 Å². The van der Waals surface area contributed by atoms with Gasteiger partial charge in [-0.05, 0) is 39.7 Å². The van der Waals surface area contributed by atoms with Crippen molar-refractivity contribution in [2.45, 2.75) is 45.4 Å². The second kappa shape index (κ2) is 9.33. The minimum atomic E-state index is -4.51. The average Bonchev–Trinajstić information content (AvgIpc) is 2.71. The summed E-state index contributed by atoms with van der Waals surface area (Å²) in [5.74, 6) is -0.0412. The molecule has 0 N–H and O–H groups in total. The molecule has 2 amide bonds. The summed E-state index contributed by atoms with van der Waals surface area (Å²) in [4.78, 5) is 34.4. The lowest BCUT2D eigenvalue weighted by Gasteiger charge is -2.39.